The van der Waals surface area contributed by atoms with E-state index in [1.54, 1.807) is 6.20 Å². The molecule has 4 nitrogen and oxygen atoms in total. The van der Waals surface area contributed by atoms with Gasteiger partial charge in [0.15, 0.2) is 0 Å². The third kappa shape index (κ3) is 4.02. The number of piperidine rings is 1. The first-order valence-electron chi connectivity index (χ1n) is 8.28. The lowest BCUT2D eigenvalue weighted by atomic mass is 9.75. The van der Waals surface area contributed by atoms with Gasteiger partial charge in [-0.25, -0.2) is 8.78 Å². The average molecular weight is 346 g/mol. The molecule has 25 heavy (non-hydrogen) atoms. The van der Waals surface area contributed by atoms with Gasteiger partial charge in [-0.3, -0.25) is 14.7 Å². The topological polar surface area (TPSA) is 53.4 Å². The number of hydrogen-bond donors (Lipinski definition) is 1. The minimum atomic E-state index is -1.08. The van der Waals surface area contributed by atoms with E-state index in [1.807, 2.05) is 23.1 Å². The molecule has 132 valence electrons. The van der Waals surface area contributed by atoms with Gasteiger partial charge in [0.25, 0.3) is 0 Å². The third-order valence-electron chi connectivity index (χ3n) is 4.77. The second-order valence-corrected chi connectivity index (χ2v) is 6.63. The second kappa shape index (κ2) is 7.27. The van der Waals surface area contributed by atoms with Crippen molar-refractivity contribution in [2.75, 3.05) is 13.1 Å². The van der Waals surface area contributed by atoms with Crippen LogP contribution in [-0.4, -0.2) is 34.0 Å². The lowest BCUT2D eigenvalue weighted by Crippen LogP contribution is -2.49. The number of benzene rings is 1. The molecular weight excluding hydrogens is 326 g/mol. The molecule has 0 unspecified atom stereocenters. The fourth-order valence-electron chi connectivity index (χ4n) is 3.51. The van der Waals surface area contributed by atoms with Crippen molar-refractivity contribution in [1.29, 1.82) is 0 Å². The van der Waals surface area contributed by atoms with Crippen molar-refractivity contribution >= 4 is 5.97 Å². The number of carbonyl (C=O) groups is 1. The molecule has 3 rings (SSSR count). The molecule has 6 heteroatoms. The van der Waals surface area contributed by atoms with Crippen LogP contribution in [0, 0.1) is 17.0 Å². The molecule has 1 aromatic carbocycles. The molecular formula is C19H20F2N2O2. The molecule has 0 amide bonds. The summed E-state index contributed by atoms with van der Waals surface area (Å²) in [6, 6.07) is 8.94. The predicted molar refractivity (Wildman–Crippen MR) is 88.9 cm³/mol. The number of aliphatic carboxylic acids is 1. The standard InChI is InChI=1S/C19H20F2N2O2/c20-15-6-5-14(17(21)10-15)11-19(18(24)25)7-3-9-23(13-19)12-16-4-1-2-8-22-16/h1-2,4-6,8,10H,3,7,9,11-13H2,(H,24,25)/t19-/m1/s1. The van der Waals surface area contributed by atoms with Crippen molar-refractivity contribution in [3.8, 4) is 0 Å². The highest BCUT2D eigenvalue weighted by molar-refractivity contribution is 5.75. The van der Waals surface area contributed by atoms with E-state index in [1.165, 1.54) is 12.1 Å². The molecule has 1 aliphatic rings. The highest BCUT2D eigenvalue weighted by Gasteiger charge is 2.43. The smallest absolute Gasteiger partial charge is 0.311 e. The monoisotopic (exact) mass is 346 g/mol. The van der Waals surface area contributed by atoms with Gasteiger partial charge in [0, 0.05) is 25.4 Å². The van der Waals surface area contributed by atoms with Crippen LogP contribution in [0.5, 0.6) is 0 Å². The Morgan fingerprint density at radius 1 is 1.28 bits per heavy atom. The summed E-state index contributed by atoms with van der Waals surface area (Å²) < 4.78 is 27.1. The van der Waals surface area contributed by atoms with E-state index in [0.29, 0.717) is 25.9 Å². The van der Waals surface area contributed by atoms with Gasteiger partial charge in [-0.05, 0) is 49.6 Å². The van der Waals surface area contributed by atoms with Gasteiger partial charge < -0.3 is 5.11 Å². The van der Waals surface area contributed by atoms with Crippen molar-refractivity contribution in [3.05, 3.63) is 65.5 Å². The molecule has 1 saturated heterocycles. The van der Waals surface area contributed by atoms with E-state index in [4.69, 9.17) is 0 Å². The van der Waals surface area contributed by atoms with Crippen LogP contribution in [0.15, 0.2) is 42.6 Å². The van der Waals surface area contributed by atoms with Crippen molar-refractivity contribution in [3.63, 3.8) is 0 Å². The van der Waals surface area contributed by atoms with Crippen LogP contribution >= 0.6 is 0 Å². The average Bonchev–Trinajstić information content (AvgIpc) is 2.58. The molecule has 2 aromatic rings. The van der Waals surface area contributed by atoms with Gasteiger partial charge in [-0.1, -0.05) is 12.1 Å². The summed E-state index contributed by atoms with van der Waals surface area (Å²) in [6.07, 6.45) is 2.94. The number of likely N-dealkylation sites (tertiary alicyclic amines) is 1. The first-order chi connectivity index (χ1) is 12.0. The molecule has 0 spiro atoms. The van der Waals surface area contributed by atoms with Crippen LogP contribution in [0.3, 0.4) is 0 Å². The van der Waals surface area contributed by atoms with Crippen molar-refractivity contribution in [2.45, 2.75) is 25.8 Å². The quantitative estimate of drug-likeness (QED) is 0.903. The Morgan fingerprint density at radius 2 is 2.12 bits per heavy atom. The van der Waals surface area contributed by atoms with Gasteiger partial charge in [0.05, 0.1) is 11.1 Å². The Labute approximate surface area is 145 Å². The summed E-state index contributed by atoms with van der Waals surface area (Å²) in [6.45, 7) is 1.65. The molecule has 2 heterocycles. The first-order valence-corrected chi connectivity index (χ1v) is 8.28. The normalized spacial score (nSPS) is 21.2. The molecule has 0 bridgehead atoms. The SMILES string of the molecule is O=C(O)[C@@]1(Cc2ccc(F)cc2F)CCCN(Cc2ccccn2)C1. The number of aromatic nitrogens is 1. The van der Waals surface area contributed by atoms with Gasteiger partial charge in [-0.15, -0.1) is 0 Å². The summed E-state index contributed by atoms with van der Waals surface area (Å²) in [5.41, 5.74) is 0.0336. The molecule has 1 aromatic heterocycles. The van der Waals surface area contributed by atoms with Crippen LogP contribution in [-0.2, 0) is 17.8 Å². The van der Waals surface area contributed by atoms with Crippen LogP contribution in [0.2, 0.25) is 0 Å². The largest absolute Gasteiger partial charge is 0.481 e. The van der Waals surface area contributed by atoms with Gasteiger partial charge in [0.2, 0.25) is 0 Å². The highest BCUT2D eigenvalue weighted by Crippen LogP contribution is 2.35. The van der Waals surface area contributed by atoms with Crippen molar-refractivity contribution in [2.24, 2.45) is 5.41 Å². The fraction of sp³-hybridized carbons (Fsp3) is 0.368. The maximum atomic E-state index is 14.0. The number of halogens is 2. The van der Waals surface area contributed by atoms with Gasteiger partial charge in [-0.2, -0.15) is 0 Å². The molecule has 0 radical (unpaired) electrons. The van der Waals surface area contributed by atoms with Gasteiger partial charge in [0.1, 0.15) is 11.6 Å². The summed E-state index contributed by atoms with van der Waals surface area (Å²) in [5, 5.41) is 9.84. The highest BCUT2D eigenvalue weighted by atomic mass is 19.1. The third-order valence-corrected chi connectivity index (χ3v) is 4.77. The number of pyridine rings is 1. The Balaban J connectivity index is 1.80. The summed E-state index contributed by atoms with van der Waals surface area (Å²) in [5.74, 6) is -2.30. The van der Waals surface area contributed by atoms with Crippen LogP contribution in [0.4, 0.5) is 8.78 Å². The maximum Gasteiger partial charge on any atom is 0.311 e. The minimum Gasteiger partial charge on any atom is -0.481 e. The number of carboxylic acid groups (broad SMARTS) is 1. The molecule has 1 fully saturated rings. The minimum absolute atomic E-state index is 0.0488. The van der Waals surface area contributed by atoms with Crippen LogP contribution in [0.1, 0.15) is 24.1 Å². The Hall–Kier alpha value is -2.34. The number of nitrogens with zero attached hydrogens (tertiary/aromatic N) is 2. The van der Waals surface area contributed by atoms with Gasteiger partial charge >= 0.3 is 5.97 Å². The van der Waals surface area contributed by atoms with Crippen LogP contribution < -0.4 is 0 Å². The zero-order chi connectivity index (χ0) is 17.9. The fourth-order valence-corrected chi connectivity index (χ4v) is 3.51. The number of rotatable bonds is 5. The molecule has 1 atom stereocenters. The molecule has 0 aliphatic carbocycles. The summed E-state index contributed by atoms with van der Waals surface area (Å²) in [7, 11) is 0. The number of hydrogen-bond acceptors (Lipinski definition) is 3. The lowest BCUT2D eigenvalue weighted by molar-refractivity contribution is -0.152. The molecule has 0 saturated carbocycles. The zero-order valence-electron chi connectivity index (χ0n) is 13.8. The zero-order valence-corrected chi connectivity index (χ0v) is 13.8. The lowest BCUT2D eigenvalue weighted by Gasteiger charge is -2.40. The Morgan fingerprint density at radius 3 is 2.80 bits per heavy atom. The van der Waals surface area contributed by atoms with E-state index in [2.05, 4.69) is 4.98 Å². The van der Waals surface area contributed by atoms with Crippen molar-refractivity contribution in [1.82, 2.24) is 9.88 Å². The first kappa shape index (κ1) is 17.5. The molecule has 1 aliphatic heterocycles. The maximum absolute atomic E-state index is 14.0. The van der Waals surface area contributed by atoms with E-state index in [9.17, 15) is 18.7 Å². The number of carboxylic acids is 1. The summed E-state index contributed by atoms with van der Waals surface area (Å²) in [4.78, 5) is 18.3. The summed E-state index contributed by atoms with van der Waals surface area (Å²) >= 11 is 0. The van der Waals surface area contributed by atoms with E-state index < -0.39 is 23.0 Å². The Bertz CT molecular complexity index is 754. The van der Waals surface area contributed by atoms with Crippen molar-refractivity contribution < 1.29 is 18.7 Å². The van der Waals surface area contributed by atoms with E-state index >= 15 is 0 Å². The second-order valence-electron chi connectivity index (χ2n) is 6.63. The molecule has 1 N–H and O–H groups in total. The van der Waals surface area contributed by atoms with Crippen LogP contribution in [0.25, 0.3) is 0 Å². The Kier molecular flexibility index (Phi) is 5.08. The van der Waals surface area contributed by atoms with E-state index in [0.717, 1.165) is 18.3 Å². The van der Waals surface area contributed by atoms with E-state index in [-0.39, 0.29) is 12.0 Å². The predicted octanol–water partition coefficient (Wildman–Crippen LogP) is 3.27.